The Bertz CT molecular complexity index is 1200. The third kappa shape index (κ3) is 6.51. The number of hydrogen-bond donors (Lipinski definition) is 1. The highest BCUT2D eigenvalue weighted by Gasteiger charge is 2.20. The molecule has 0 spiro atoms. The number of fused-ring (bicyclic) bond motifs is 1. The molecule has 0 saturated carbocycles. The molecule has 1 N–H and O–H groups in total. The largest absolute Gasteiger partial charge is 0.379 e. The Morgan fingerprint density at radius 3 is 2.49 bits per heavy atom. The average Bonchev–Trinajstić information content (AvgIpc) is 2.86. The second-order valence-corrected chi connectivity index (χ2v) is 10.5. The van der Waals surface area contributed by atoms with Gasteiger partial charge in [0.25, 0.3) is 5.56 Å². The van der Waals surface area contributed by atoms with Gasteiger partial charge in [-0.15, -0.1) is 0 Å². The lowest BCUT2D eigenvalue weighted by molar-refractivity contribution is -0.115. The quantitative estimate of drug-likeness (QED) is 0.352. The summed E-state index contributed by atoms with van der Waals surface area (Å²) in [5.41, 5.74) is 2.59. The summed E-state index contributed by atoms with van der Waals surface area (Å²) in [7, 11) is 0. The van der Waals surface area contributed by atoms with Gasteiger partial charge in [0.2, 0.25) is 5.91 Å². The van der Waals surface area contributed by atoms with Crippen LogP contribution in [0.4, 0.5) is 5.69 Å². The van der Waals surface area contributed by atoms with Crippen molar-refractivity contribution in [3.05, 3.63) is 64.4 Å². The van der Waals surface area contributed by atoms with E-state index in [9.17, 15) is 9.59 Å². The van der Waals surface area contributed by atoms with Crippen molar-refractivity contribution in [2.24, 2.45) is 0 Å². The molecule has 1 fully saturated rings. The van der Waals surface area contributed by atoms with Gasteiger partial charge in [-0.1, -0.05) is 49.9 Å². The highest BCUT2D eigenvalue weighted by Crippen LogP contribution is 2.24. The summed E-state index contributed by atoms with van der Waals surface area (Å²) in [5, 5.41) is 3.75. The molecule has 3 aromatic rings. The van der Waals surface area contributed by atoms with E-state index >= 15 is 0 Å². The van der Waals surface area contributed by atoms with Crippen LogP contribution in [0.25, 0.3) is 10.9 Å². The molecule has 1 aliphatic heterocycles. The van der Waals surface area contributed by atoms with Crippen molar-refractivity contribution in [2.75, 3.05) is 38.2 Å². The van der Waals surface area contributed by atoms with Crippen molar-refractivity contribution in [3.8, 4) is 0 Å². The van der Waals surface area contributed by atoms with Crippen molar-refractivity contribution in [1.29, 1.82) is 0 Å². The Morgan fingerprint density at radius 1 is 1.06 bits per heavy atom. The van der Waals surface area contributed by atoms with Gasteiger partial charge in [-0.25, -0.2) is 4.98 Å². The first-order chi connectivity index (χ1) is 16.9. The zero-order valence-electron chi connectivity index (χ0n) is 20.7. The van der Waals surface area contributed by atoms with Crippen LogP contribution in [0, 0.1) is 0 Å². The fourth-order valence-corrected chi connectivity index (χ4v) is 5.05. The minimum Gasteiger partial charge on any atom is -0.379 e. The molecule has 0 bridgehead atoms. The van der Waals surface area contributed by atoms with Crippen LogP contribution >= 0.6 is 11.8 Å². The number of carbonyl (C=O) groups excluding carboxylic acids is 1. The van der Waals surface area contributed by atoms with Crippen LogP contribution in [0.3, 0.4) is 0 Å². The summed E-state index contributed by atoms with van der Waals surface area (Å²) >= 11 is 1.33. The number of ether oxygens (including phenoxy) is 1. The molecule has 1 aromatic heterocycles. The number of aromatic nitrogens is 2. The van der Waals surface area contributed by atoms with Gasteiger partial charge in [0, 0.05) is 31.9 Å². The van der Waals surface area contributed by atoms with Gasteiger partial charge in [-0.3, -0.25) is 19.1 Å². The van der Waals surface area contributed by atoms with Crippen LogP contribution in [-0.2, 0) is 16.1 Å². The third-order valence-electron chi connectivity index (χ3n) is 6.28. The lowest BCUT2D eigenvalue weighted by atomic mass is 10.0. The Labute approximate surface area is 210 Å². The van der Waals surface area contributed by atoms with Crippen LogP contribution < -0.4 is 10.9 Å². The lowest BCUT2D eigenvalue weighted by Crippen LogP contribution is -2.37. The SMILES string of the molecule is CC(Sc1nc2ccccc2c(=O)n1CCCN1CCOCC1)C(=O)Nc1ccc(C(C)C)cc1. The second-order valence-electron chi connectivity index (χ2n) is 9.20. The highest BCUT2D eigenvalue weighted by molar-refractivity contribution is 8.00. The molecule has 186 valence electrons. The van der Waals surface area contributed by atoms with Gasteiger partial charge >= 0.3 is 0 Å². The molecular weight excluding hydrogens is 460 g/mol. The maximum Gasteiger partial charge on any atom is 0.262 e. The van der Waals surface area contributed by atoms with Crippen molar-refractivity contribution in [2.45, 2.75) is 50.1 Å². The number of benzene rings is 2. The predicted octanol–water partition coefficient (Wildman–Crippen LogP) is 4.36. The standard InChI is InChI=1S/C27H34N4O3S/c1-19(2)21-9-11-22(12-10-21)28-25(32)20(3)35-27-29-24-8-5-4-7-23(24)26(33)31(27)14-6-13-30-15-17-34-18-16-30/h4-5,7-12,19-20H,6,13-18H2,1-3H3,(H,28,32). The van der Waals surface area contributed by atoms with E-state index in [-0.39, 0.29) is 11.5 Å². The molecule has 0 aliphatic carbocycles. The summed E-state index contributed by atoms with van der Waals surface area (Å²) in [4.78, 5) is 33.4. The van der Waals surface area contributed by atoms with Crippen molar-refractivity contribution in [3.63, 3.8) is 0 Å². The number of carbonyl (C=O) groups is 1. The average molecular weight is 495 g/mol. The smallest absolute Gasteiger partial charge is 0.262 e. The molecule has 8 heteroatoms. The number of nitrogens with one attached hydrogen (secondary N) is 1. The highest BCUT2D eigenvalue weighted by atomic mass is 32.2. The summed E-state index contributed by atoms with van der Waals surface area (Å²) in [5.74, 6) is 0.322. The summed E-state index contributed by atoms with van der Waals surface area (Å²) in [6.45, 7) is 10.9. The summed E-state index contributed by atoms with van der Waals surface area (Å²) in [6.07, 6.45) is 0.830. The van der Waals surface area contributed by atoms with Crippen LogP contribution in [-0.4, -0.2) is 58.5 Å². The van der Waals surface area contributed by atoms with Gasteiger partial charge in [-0.05, 0) is 49.1 Å². The molecule has 1 atom stereocenters. The van der Waals surface area contributed by atoms with Crippen molar-refractivity contribution >= 4 is 34.3 Å². The molecule has 35 heavy (non-hydrogen) atoms. The normalized spacial score (nSPS) is 15.4. The number of morpholine rings is 1. The van der Waals surface area contributed by atoms with Gasteiger partial charge in [0.05, 0.1) is 29.4 Å². The zero-order chi connectivity index (χ0) is 24.8. The van der Waals surface area contributed by atoms with Crippen molar-refractivity contribution in [1.82, 2.24) is 14.5 Å². The Hall–Kier alpha value is -2.68. The molecular formula is C27H34N4O3S. The van der Waals surface area contributed by atoms with Gasteiger partial charge in [-0.2, -0.15) is 0 Å². The predicted molar refractivity (Wildman–Crippen MR) is 142 cm³/mol. The fraction of sp³-hybridized carbons (Fsp3) is 0.444. The zero-order valence-corrected chi connectivity index (χ0v) is 21.5. The van der Waals surface area contributed by atoms with E-state index in [2.05, 4.69) is 24.1 Å². The van der Waals surface area contributed by atoms with E-state index in [0.717, 1.165) is 45.0 Å². The van der Waals surface area contributed by atoms with Gasteiger partial charge < -0.3 is 10.1 Å². The van der Waals surface area contributed by atoms with Crippen LogP contribution in [0.15, 0.2) is 58.5 Å². The number of anilines is 1. The Morgan fingerprint density at radius 2 is 1.77 bits per heavy atom. The van der Waals surface area contributed by atoms with Gasteiger partial charge in [0.1, 0.15) is 0 Å². The molecule has 2 aromatic carbocycles. The monoisotopic (exact) mass is 494 g/mol. The number of amides is 1. The Kier molecular flexibility index (Phi) is 8.59. The fourth-order valence-electron chi connectivity index (χ4n) is 4.12. The number of thioether (sulfide) groups is 1. The van der Waals surface area contributed by atoms with E-state index in [1.54, 1.807) is 4.57 Å². The second kappa shape index (κ2) is 11.8. The Balaban J connectivity index is 1.49. The van der Waals surface area contributed by atoms with E-state index in [0.29, 0.717) is 28.5 Å². The third-order valence-corrected chi connectivity index (χ3v) is 7.37. The number of nitrogens with zero attached hydrogens (tertiary/aromatic N) is 3. The van der Waals surface area contributed by atoms with E-state index in [1.807, 2.05) is 55.5 Å². The lowest BCUT2D eigenvalue weighted by Gasteiger charge is -2.26. The molecule has 1 aliphatic rings. The molecule has 1 saturated heterocycles. The minimum absolute atomic E-state index is 0.0584. The molecule has 2 heterocycles. The molecule has 7 nitrogen and oxygen atoms in total. The number of para-hydroxylation sites is 1. The van der Waals surface area contributed by atoms with E-state index in [1.165, 1.54) is 17.3 Å². The van der Waals surface area contributed by atoms with Crippen LogP contribution in [0.5, 0.6) is 0 Å². The number of hydrogen-bond acceptors (Lipinski definition) is 6. The molecule has 0 radical (unpaired) electrons. The first-order valence-electron chi connectivity index (χ1n) is 12.3. The first-order valence-corrected chi connectivity index (χ1v) is 13.2. The first kappa shape index (κ1) is 25.4. The van der Waals surface area contributed by atoms with E-state index in [4.69, 9.17) is 9.72 Å². The van der Waals surface area contributed by atoms with E-state index < -0.39 is 5.25 Å². The van der Waals surface area contributed by atoms with Gasteiger partial charge in [0.15, 0.2) is 5.16 Å². The van der Waals surface area contributed by atoms with Crippen molar-refractivity contribution < 1.29 is 9.53 Å². The van der Waals surface area contributed by atoms with Crippen LogP contribution in [0.2, 0.25) is 0 Å². The molecule has 1 amide bonds. The molecule has 4 rings (SSSR count). The topological polar surface area (TPSA) is 76.5 Å². The minimum atomic E-state index is -0.418. The number of rotatable bonds is 9. The van der Waals surface area contributed by atoms with Crippen LogP contribution in [0.1, 0.15) is 38.7 Å². The molecule has 1 unspecified atom stereocenters. The summed E-state index contributed by atoms with van der Waals surface area (Å²) in [6, 6.07) is 15.3. The maximum absolute atomic E-state index is 13.3. The maximum atomic E-state index is 13.3. The summed E-state index contributed by atoms with van der Waals surface area (Å²) < 4.78 is 7.16.